The summed E-state index contributed by atoms with van der Waals surface area (Å²) in [4.78, 5) is 10.4. The number of aliphatic hydroxyl groups is 1. The van der Waals surface area contributed by atoms with E-state index in [2.05, 4.69) is 15.9 Å². The first kappa shape index (κ1) is 11.5. The van der Waals surface area contributed by atoms with Gasteiger partial charge in [0.2, 0.25) is 0 Å². The molecule has 1 fully saturated rings. The van der Waals surface area contributed by atoms with Crippen LogP contribution in [0.1, 0.15) is 18.4 Å². The molecule has 0 bridgehead atoms. The predicted octanol–water partition coefficient (Wildman–Crippen LogP) is 2.67. The summed E-state index contributed by atoms with van der Waals surface area (Å²) in [5, 5.41) is 20.6. The number of rotatable bonds is 4. The second-order valence-corrected chi connectivity index (χ2v) is 5.05. The second-order valence-electron chi connectivity index (χ2n) is 4.14. The highest BCUT2D eigenvalue weighted by atomic mass is 79.9. The first-order valence-electron chi connectivity index (χ1n) is 5.19. The quantitative estimate of drug-likeness (QED) is 0.683. The summed E-state index contributed by atoms with van der Waals surface area (Å²) in [5.74, 6) is 0.332. The normalized spacial score (nSPS) is 17.1. The van der Waals surface area contributed by atoms with Gasteiger partial charge in [-0.2, -0.15) is 0 Å². The third-order valence-electron chi connectivity index (χ3n) is 2.83. The van der Waals surface area contributed by atoms with Crippen LogP contribution in [0, 0.1) is 16.0 Å². The van der Waals surface area contributed by atoms with E-state index in [4.69, 9.17) is 0 Å². The molecule has 5 heteroatoms. The van der Waals surface area contributed by atoms with Crippen molar-refractivity contribution in [1.82, 2.24) is 0 Å². The highest BCUT2D eigenvalue weighted by molar-refractivity contribution is 9.10. The Hall–Kier alpha value is -0.940. The van der Waals surface area contributed by atoms with E-state index in [1.807, 2.05) is 0 Å². The van der Waals surface area contributed by atoms with Gasteiger partial charge in [0.25, 0.3) is 5.69 Å². The zero-order valence-corrected chi connectivity index (χ0v) is 10.2. The zero-order valence-electron chi connectivity index (χ0n) is 8.60. The van der Waals surface area contributed by atoms with Crippen molar-refractivity contribution in [3.63, 3.8) is 0 Å². The fourth-order valence-corrected chi connectivity index (χ4v) is 2.18. The molecule has 0 saturated heterocycles. The Morgan fingerprint density at radius 1 is 1.56 bits per heavy atom. The van der Waals surface area contributed by atoms with Crippen LogP contribution in [0.15, 0.2) is 22.7 Å². The molecule has 1 saturated carbocycles. The Kier molecular flexibility index (Phi) is 3.25. The maximum absolute atomic E-state index is 10.8. The van der Waals surface area contributed by atoms with Gasteiger partial charge in [-0.25, -0.2) is 0 Å². The summed E-state index contributed by atoms with van der Waals surface area (Å²) >= 11 is 3.28. The van der Waals surface area contributed by atoms with Gasteiger partial charge in [0.05, 0.1) is 11.0 Å². The molecule has 1 aliphatic rings. The Labute approximate surface area is 102 Å². The molecule has 0 aliphatic heterocycles. The molecule has 0 spiro atoms. The smallest absolute Gasteiger partial charge is 0.272 e. The maximum Gasteiger partial charge on any atom is 0.272 e. The lowest BCUT2D eigenvalue weighted by Gasteiger charge is -2.09. The highest BCUT2D eigenvalue weighted by Gasteiger charge is 2.31. The van der Waals surface area contributed by atoms with E-state index in [-0.39, 0.29) is 5.69 Å². The summed E-state index contributed by atoms with van der Waals surface area (Å²) in [6.45, 7) is 0. The van der Waals surface area contributed by atoms with Gasteiger partial charge in [-0.15, -0.1) is 0 Å². The number of aliphatic hydroxyl groups excluding tert-OH is 1. The number of halogens is 1. The van der Waals surface area contributed by atoms with E-state index >= 15 is 0 Å². The SMILES string of the molecule is O=[N+]([O-])c1ccc(Br)cc1CC(O)C1CC1. The Balaban J connectivity index is 2.22. The fourth-order valence-electron chi connectivity index (χ4n) is 1.77. The third kappa shape index (κ3) is 2.59. The van der Waals surface area contributed by atoms with Crippen molar-refractivity contribution >= 4 is 21.6 Å². The molecule has 0 amide bonds. The van der Waals surface area contributed by atoms with Crippen molar-refractivity contribution in [1.29, 1.82) is 0 Å². The van der Waals surface area contributed by atoms with Gasteiger partial charge in [-0.1, -0.05) is 15.9 Å². The van der Waals surface area contributed by atoms with Gasteiger partial charge < -0.3 is 5.11 Å². The first-order chi connectivity index (χ1) is 7.58. The lowest BCUT2D eigenvalue weighted by molar-refractivity contribution is -0.385. The van der Waals surface area contributed by atoms with Gasteiger partial charge in [0, 0.05) is 22.5 Å². The topological polar surface area (TPSA) is 63.4 Å². The average Bonchev–Trinajstić information content (AvgIpc) is 2.99. The molecule has 4 nitrogen and oxygen atoms in total. The molecular formula is C11H12BrNO3. The molecule has 86 valence electrons. The van der Waals surface area contributed by atoms with Crippen LogP contribution in [-0.4, -0.2) is 16.1 Å². The summed E-state index contributed by atoms with van der Waals surface area (Å²) in [7, 11) is 0. The molecule has 2 rings (SSSR count). The fraction of sp³-hybridized carbons (Fsp3) is 0.455. The summed E-state index contributed by atoms with van der Waals surface area (Å²) in [6, 6.07) is 4.83. The minimum Gasteiger partial charge on any atom is -0.392 e. The number of nitro benzene ring substituents is 1. The van der Waals surface area contributed by atoms with E-state index in [1.54, 1.807) is 12.1 Å². The van der Waals surface area contributed by atoms with E-state index < -0.39 is 11.0 Å². The molecule has 1 atom stereocenters. The Bertz CT molecular complexity index is 418. The van der Waals surface area contributed by atoms with Crippen molar-refractivity contribution < 1.29 is 10.0 Å². The van der Waals surface area contributed by atoms with Crippen molar-refractivity contribution in [2.45, 2.75) is 25.4 Å². The largest absolute Gasteiger partial charge is 0.392 e. The zero-order chi connectivity index (χ0) is 11.7. The van der Waals surface area contributed by atoms with E-state index in [0.717, 1.165) is 17.3 Å². The molecule has 1 aromatic rings. The van der Waals surface area contributed by atoms with Crippen LogP contribution >= 0.6 is 15.9 Å². The highest BCUT2D eigenvalue weighted by Crippen LogP contribution is 2.35. The number of hydrogen-bond acceptors (Lipinski definition) is 3. The van der Waals surface area contributed by atoms with Gasteiger partial charge in [-0.05, 0) is 30.9 Å². The lowest BCUT2D eigenvalue weighted by Crippen LogP contribution is -2.13. The summed E-state index contributed by atoms with van der Waals surface area (Å²) in [6.07, 6.45) is 1.97. The van der Waals surface area contributed by atoms with Crippen molar-refractivity contribution in [3.8, 4) is 0 Å². The predicted molar refractivity (Wildman–Crippen MR) is 63.2 cm³/mol. The molecule has 1 aromatic carbocycles. The van der Waals surface area contributed by atoms with Crippen LogP contribution in [0.2, 0.25) is 0 Å². The van der Waals surface area contributed by atoms with E-state index in [0.29, 0.717) is 17.9 Å². The summed E-state index contributed by atoms with van der Waals surface area (Å²) in [5.41, 5.74) is 0.682. The average molecular weight is 286 g/mol. The summed E-state index contributed by atoms with van der Waals surface area (Å²) < 4.78 is 0.802. The Morgan fingerprint density at radius 3 is 2.81 bits per heavy atom. The van der Waals surface area contributed by atoms with Crippen LogP contribution in [-0.2, 0) is 6.42 Å². The van der Waals surface area contributed by atoms with Gasteiger partial charge in [0.1, 0.15) is 0 Å². The standard InChI is InChI=1S/C11H12BrNO3/c12-9-3-4-10(13(15)16)8(5-9)6-11(14)7-1-2-7/h3-5,7,11,14H,1-2,6H2. The molecule has 0 aromatic heterocycles. The van der Waals surface area contributed by atoms with Crippen LogP contribution < -0.4 is 0 Å². The minimum atomic E-state index is -0.451. The van der Waals surface area contributed by atoms with Crippen LogP contribution in [0.25, 0.3) is 0 Å². The maximum atomic E-state index is 10.8. The van der Waals surface area contributed by atoms with Crippen molar-refractivity contribution in [2.75, 3.05) is 0 Å². The first-order valence-corrected chi connectivity index (χ1v) is 5.98. The Morgan fingerprint density at radius 2 is 2.25 bits per heavy atom. The molecule has 0 heterocycles. The number of nitrogens with zero attached hydrogens (tertiary/aromatic N) is 1. The number of nitro groups is 1. The second kappa shape index (κ2) is 4.51. The number of benzene rings is 1. The van der Waals surface area contributed by atoms with Crippen LogP contribution in [0.4, 0.5) is 5.69 Å². The lowest BCUT2D eigenvalue weighted by atomic mass is 10.0. The van der Waals surface area contributed by atoms with E-state index in [1.165, 1.54) is 6.07 Å². The third-order valence-corrected chi connectivity index (χ3v) is 3.33. The van der Waals surface area contributed by atoms with Crippen LogP contribution in [0.5, 0.6) is 0 Å². The molecule has 16 heavy (non-hydrogen) atoms. The van der Waals surface area contributed by atoms with Crippen molar-refractivity contribution in [3.05, 3.63) is 38.3 Å². The molecule has 1 unspecified atom stereocenters. The molecular weight excluding hydrogens is 274 g/mol. The van der Waals surface area contributed by atoms with Gasteiger partial charge >= 0.3 is 0 Å². The van der Waals surface area contributed by atoms with E-state index in [9.17, 15) is 15.2 Å². The minimum absolute atomic E-state index is 0.0860. The van der Waals surface area contributed by atoms with Gasteiger partial charge in [-0.3, -0.25) is 10.1 Å². The van der Waals surface area contributed by atoms with Gasteiger partial charge in [0.15, 0.2) is 0 Å². The molecule has 1 aliphatic carbocycles. The number of hydrogen-bond donors (Lipinski definition) is 1. The molecule has 1 N–H and O–H groups in total. The molecule has 0 radical (unpaired) electrons. The van der Waals surface area contributed by atoms with Crippen LogP contribution in [0.3, 0.4) is 0 Å². The monoisotopic (exact) mass is 285 g/mol. The van der Waals surface area contributed by atoms with Crippen molar-refractivity contribution in [2.24, 2.45) is 5.92 Å².